The van der Waals surface area contributed by atoms with E-state index in [-0.39, 0.29) is 12.6 Å². The summed E-state index contributed by atoms with van der Waals surface area (Å²) in [5.41, 5.74) is 0.977. The van der Waals surface area contributed by atoms with Crippen molar-refractivity contribution in [2.24, 2.45) is 4.99 Å². The monoisotopic (exact) mass is 362 g/mol. The molecule has 1 heterocycles. The van der Waals surface area contributed by atoms with Crippen LogP contribution in [0.5, 0.6) is 0 Å². The molecule has 0 spiro atoms. The molecule has 1 unspecified atom stereocenters. The lowest BCUT2D eigenvalue weighted by Gasteiger charge is -2.35. The van der Waals surface area contributed by atoms with Crippen LogP contribution in [0, 0.1) is 0 Å². The zero-order valence-electron chi connectivity index (χ0n) is 13.5. The summed E-state index contributed by atoms with van der Waals surface area (Å²) in [5.74, 6) is 0.394. The summed E-state index contributed by atoms with van der Waals surface area (Å²) >= 11 is 6.24. The maximum atomic E-state index is 12.2. The highest BCUT2D eigenvalue weighted by Gasteiger charge is 2.27. The Morgan fingerprint density at radius 1 is 1.38 bits per heavy atom. The minimum Gasteiger partial charge on any atom is -0.368 e. The molecule has 1 aromatic carbocycles. The van der Waals surface area contributed by atoms with E-state index < -0.39 is 12.6 Å². The summed E-state index contributed by atoms with van der Waals surface area (Å²) in [6, 6.07) is 7.76. The van der Waals surface area contributed by atoms with E-state index in [9.17, 15) is 13.2 Å². The second kappa shape index (κ2) is 8.46. The number of nitrogens with zero attached hydrogens (tertiary/aromatic N) is 2. The van der Waals surface area contributed by atoms with Gasteiger partial charge in [0.05, 0.1) is 17.1 Å². The van der Waals surface area contributed by atoms with Crippen LogP contribution in [-0.4, -0.2) is 44.9 Å². The van der Waals surface area contributed by atoms with Gasteiger partial charge in [0.25, 0.3) is 0 Å². The lowest BCUT2D eigenvalue weighted by Crippen LogP contribution is -2.51. The molecule has 8 heteroatoms. The van der Waals surface area contributed by atoms with Crippen LogP contribution in [0.2, 0.25) is 5.02 Å². The van der Waals surface area contributed by atoms with Gasteiger partial charge in [-0.3, -0.25) is 4.99 Å². The molecule has 4 nitrogen and oxygen atoms in total. The molecule has 1 aliphatic rings. The first-order valence-corrected chi connectivity index (χ1v) is 8.30. The number of guanidine groups is 1. The van der Waals surface area contributed by atoms with Gasteiger partial charge in [0, 0.05) is 32.7 Å². The zero-order valence-corrected chi connectivity index (χ0v) is 14.3. The molecule has 0 amide bonds. The zero-order chi connectivity index (χ0) is 17.6. The minimum atomic E-state index is -4.17. The van der Waals surface area contributed by atoms with Crippen LogP contribution >= 0.6 is 11.6 Å². The number of anilines is 1. The summed E-state index contributed by atoms with van der Waals surface area (Å²) in [6.07, 6.45) is -3.15. The van der Waals surface area contributed by atoms with E-state index in [1.54, 1.807) is 7.05 Å². The Morgan fingerprint density at radius 2 is 2.12 bits per heavy atom. The highest BCUT2D eigenvalue weighted by molar-refractivity contribution is 6.33. The molecule has 0 saturated carbocycles. The number of hydrogen-bond donors (Lipinski definition) is 2. The van der Waals surface area contributed by atoms with Crippen LogP contribution in [0.15, 0.2) is 29.3 Å². The van der Waals surface area contributed by atoms with E-state index in [1.807, 2.05) is 24.3 Å². The third-order valence-electron chi connectivity index (χ3n) is 3.88. The number of halogens is 4. The van der Waals surface area contributed by atoms with Crippen LogP contribution in [0.3, 0.4) is 0 Å². The largest absolute Gasteiger partial charge is 0.390 e. The summed E-state index contributed by atoms with van der Waals surface area (Å²) in [5, 5.41) is 6.61. The Labute approximate surface area is 145 Å². The number of rotatable bonds is 4. The number of para-hydroxylation sites is 1. The molecule has 0 aliphatic carbocycles. The van der Waals surface area contributed by atoms with Crippen LogP contribution in [0.1, 0.15) is 19.3 Å². The number of aliphatic imine (C=N–C) groups is 1. The van der Waals surface area contributed by atoms with E-state index in [1.165, 1.54) is 0 Å². The Bertz CT molecular complexity index is 562. The highest BCUT2D eigenvalue weighted by atomic mass is 35.5. The number of piperidine rings is 1. The van der Waals surface area contributed by atoms with Crippen molar-refractivity contribution in [3.05, 3.63) is 29.3 Å². The third kappa shape index (κ3) is 5.78. The molecule has 2 rings (SSSR count). The molecular weight excluding hydrogens is 341 g/mol. The molecule has 134 valence electrons. The van der Waals surface area contributed by atoms with Gasteiger partial charge in [-0.2, -0.15) is 13.2 Å². The smallest absolute Gasteiger partial charge is 0.368 e. The van der Waals surface area contributed by atoms with E-state index in [0.29, 0.717) is 11.0 Å². The quantitative estimate of drug-likeness (QED) is 0.637. The average molecular weight is 363 g/mol. The first-order valence-electron chi connectivity index (χ1n) is 7.92. The van der Waals surface area contributed by atoms with Crippen LogP contribution < -0.4 is 15.5 Å². The molecule has 0 aromatic heterocycles. The Balaban J connectivity index is 1.88. The van der Waals surface area contributed by atoms with Crippen molar-refractivity contribution in [1.82, 2.24) is 10.6 Å². The molecule has 0 bridgehead atoms. The van der Waals surface area contributed by atoms with Crippen LogP contribution in [-0.2, 0) is 0 Å². The predicted octanol–water partition coefficient (Wildman–Crippen LogP) is 3.43. The lowest BCUT2D eigenvalue weighted by atomic mass is 10.0. The van der Waals surface area contributed by atoms with Crippen molar-refractivity contribution >= 4 is 23.2 Å². The molecule has 1 saturated heterocycles. The van der Waals surface area contributed by atoms with Crippen molar-refractivity contribution in [2.45, 2.75) is 31.5 Å². The maximum absolute atomic E-state index is 12.2. The van der Waals surface area contributed by atoms with Crippen LogP contribution in [0.25, 0.3) is 0 Å². The molecule has 1 aromatic rings. The van der Waals surface area contributed by atoms with Crippen molar-refractivity contribution in [3.8, 4) is 0 Å². The van der Waals surface area contributed by atoms with E-state index in [4.69, 9.17) is 11.6 Å². The molecule has 1 aliphatic heterocycles. The van der Waals surface area contributed by atoms with Gasteiger partial charge in [-0.05, 0) is 25.0 Å². The van der Waals surface area contributed by atoms with Gasteiger partial charge in [-0.15, -0.1) is 0 Å². The number of nitrogens with one attached hydrogen (secondary N) is 2. The van der Waals surface area contributed by atoms with Gasteiger partial charge in [-0.25, -0.2) is 0 Å². The van der Waals surface area contributed by atoms with Crippen LogP contribution in [0.4, 0.5) is 18.9 Å². The fourth-order valence-corrected chi connectivity index (χ4v) is 2.99. The Morgan fingerprint density at radius 3 is 2.79 bits per heavy atom. The first-order chi connectivity index (χ1) is 11.4. The summed E-state index contributed by atoms with van der Waals surface area (Å²) in [4.78, 5) is 6.19. The van der Waals surface area contributed by atoms with Crippen molar-refractivity contribution in [3.63, 3.8) is 0 Å². The lowest BCUT2D eigenvalue weighted by molar-refractivity contribution is -0.132. The van der Waals surface area contributed by atoms with Gasteiger partial charge in [0.15, 0.2) is 5.96 Å². The maximum Gasteiger partial charge on any atom is 0.390 e. The van der Waals surface area contributed by atoms with Gasteiger partial charge < -0.3 is 15.5 Å². The van der Waals surface area contributed by atoms with Gasteiger partial charge in [-0.1, -0.05) is 23.7 Å². The van der Waals surface area contributed by atoms with Crippen molar-refractivity contribution < 1.29 is 13.2 Å². The van der Waals surface area contributed by atoms with E-state index >= 15 is 0 Å². The number of benzene rings is 1. The van der Waals surface area contributed by atoms with Gasteiger partial charge >= 0.3 is 6.18 Å². The minimum absolute atomic E-state index is 0.104. The normalized spacial score (nSPS) is 19.3. The molecule has 24 heavy (non-hydrogen) atoms. The molecule has 1 atom stereocenters. The summed E-state index contributed by atoms with van der Waals surface area (Å²) in [6.45, 7) is 1.44. The number of alkyl halides is 3. The SMILES string of the molecule is CN=C(NCCC(F)(F)F)NC1CCCN(c2ccccc2Cl)C1. The van der Waals surface area contributed by atoms with E-state index in [2.05, 4.69) is 20.5 Å². The molecule has 0 radical (unpaired) electrons. The second-order valence-electron chi connectivity index (χ2n) is 5.75. The van der Waals surface area contributed by atoms with Crippen molar-refractivity contribution in [2.75, 3.05) is 31.6 Å². The average Bonchev–Trinajstić information content (AvgIpc) is 2.53. The summed E-state index contributed by atoms with van der Waals surface area (Å²) < 4.78 is 36.7. The fraction of sp³-hybridized carbons (Fsp3) is 0.562. The Hall–Kier alpha value is -1.63. The summed E-state index contributed by atoms with van der Waals surface area (Å²) in [7, 11) is 1.55. The third-order valence-corrected chi connectivity index (χ3v) is 4.20. The van der Waals surface area contributed by atoms with Gasteiger partial charge in [0.2, 0.25) is 0 Å². The Kier molecular flexibility index (Phi) is 6.60. The van der Waals surface area contributed by atoms with Gasteiger partial charge in [0.1, 0.15) is 0 Å². The fourth-order valence-electron chi connectivity index (χ4n) is 2.73. The molecule has 1 fully saturated rings. The topological polar surface area (TPSA) is 39.7 Å². The molecule has 2 N–H and O–H groups in total. The number of hydrogen-bond acceptors (Lipinski definition) is 2. The van der Waals surface area contributed by atoms with Crippen molar-refractivity contribution in [1.29, 1.82) is 0 Å². The standard InChI is InChI=1S/C16H22ClF3N4/c1-21-15(22-9-8-16(18,19)20)23-12-5-4-10-24(11-12)14-7-3-2-6-13(14)17/h2-3,6-7,12H,4-5,8-11H2,1H3,(H2,21,22,23). The second-order valence-corrected chi connectivity index (χ2v) is 6.15. The highest BCUT2D eigenvalue weighted by Crippen LogP contribution is 2.27. The molecular formula is C16H22ClF3N4. The van der Waals surface area contributed by atoms with E-state index in [0.717, 1.165) is 31.6 Å². The predicted molar refractivity (Wildman–Crippen MR) is 91.9 cm³/mol. The first kappa shape index (κ1) is 18.7.